The summed E-state index contributed by atoms with van der Waals surface area (Å²) < 4.78 is 4.50. The summed E-state index contributed by atoms with van der Waals surface area (Å²) in [5.74, 6) is 0.0310. The summed E-state index contributed by atoms with van der Waals surface area (Å²) >= 11 is 11.8. The molecule has 1 heterocycles. The second-order valence-electron chi connectivity index (χ2n) is 4.89. The van der Waals surface area contributed by atoms with Crippen molar-refractivity contribution in [1.82, 2.24) is 9.97 Å². The molecule has 0 aliphatic heterocycles. The number of H-pyrrole nitrogens is 1. The second-order valence-corrected chi connectivity index (χ2v) is 5.71. The van der Waals surface area contributed by atoms with Gasteiger partial charge in [0, 0.05) is 11.1 Å². The Morgan fingerprint density at radius 1 is 1.08 bits per heavy atom. The number of hydrogen-bond acceptors (Lipinski definition) is 4. The Morgan fingerprint density at radius 3 is 2.50 bits per heavy atom. The summed E-state index contributed by atoms with van der Waals surface area (Å²) in [7, 11) is 1.26. The van der Waals surface area contributed by atoms with Crippen molar-refractivity contribution in [3.63, 3.8) is 0 Å². The number of carbonyl (C=O) groups is 2. The Balaban J connectivity index is 1.93. The highest BCUT2D eigenvalue weighted by atomic mass is 35.5. The van der Waals surface area contributed by atoms with Gasteiger partial charge < -0.3 is 9.72 Å². The minimum absolute atomic E-state index is 0.201. The lowest BCUT2D eigenvalue weighted by atomic mass is 10.0. The summed E-state index contributed by atoms with van der Waals surface area (Å²) in [6.07, 6.45) is -0.638. The number of ketones is 1. The van der Waals surface area contributed by atoms with Crippen molar-refractivity contribution in [3.8, 4) is 0 Å². The highest BCUT2D eigenvalue weighted by Crippen LogP contribution is 2.25. The molecule has 0 aliphatic carbocycles. The molecule has 122 valence electrons. The molecule has 0 atom stereocenters. The topological polar surface area (TPSA) is 84.1 Å². The lowest BCUT2D eigenvalue weighted by Gasteiger charge is -2.03. The summed E-state index contributed by atoms with van der Waals surface area (Å²) in [4.78, 5) is 30.9. The molecule has 3 aromatic rings. The standard InChI is InChI=1S/C16H11Cl2N3O3/c1-24-16(23)21-15-19-12-5-3-9(7-13(12)20-15)14(22)8-2-4-10(17)11(18)6-8/h2-7H,1H3,(H2,19,20,21,23). The number of rotatable bonds is 3. The van der Waals surface area contributed by atoms with E-state index in [2.05, 4.69) is 20.0 Å². The molecule has 0 fully saturated rings. The van der Waals surface area contributed by atoms with Gasteiger partial charge in [-0.05, 0) is 36.4 Å². The highest BCUT2D eigenvalue weighted by molar-refractivity contribution is 6.42. The van der Waals surface area contributed by atoms with Crippen LogP contribution in [0.1, 0.15) is 15.9 Å². The molecule has 0 aliphatic rings. The number of aromatic amines is 1. The van der Waals surface area contributed by atoms with E-state index in [-0.39, 0.29) is 11.7 Å². The number of hydrogen-bond donors (Lipinski definition) is 2. The van der Waals surface area contributed by atoms with E-state index in [4.69, 9.17) is 23.2 Å². The first-order chi connectivity index (χ1) is 11.5. The molecule has 1 amide bonds. The quantitative estimate of drug-likeness (QED) is 0.680. The highest BCUT2D eigenvalue weighted by Gasteiger charge is 2.13. The largest absolute Gasteiger partial charge is 0.453 e. The van der Waals surface area contributed by atoms with Crippen LogP contribution in [-0.2, 0) is 4.74 Å². The molecule has 0 spiro atoms. The molecule has 3 rings (SSSR count). The van der Waals surface area contributed by atoms with E-state index in [1.165, 1.54) is 13.2 Å². The van der Waals surface area contributed by atoms with Gasteiger partial charge in [-0.15, -0.1) is 0 Å². The van der Waals surface area contributed by atoms with E-state index >= 15 is 0 Å². The number of benzene rings is 2. The van der Waals surface area contributed by atoms with Gasteiger partial charge >= 0.3 is 6.09 Å². The van der Waals surface area contributed by atoms with Crippen LogP contribution in [0.4, 0.5) is 10.7 Å². The smallest absolute Gasteiger partial charge is 0.413 e. The van der Waals surface area contributed by atoms with Crippen LogP contribution in [0.2, 0.25) is 10.0 Å². The van der Waals surface area contributed by atoms with Crippen molar-refractivity contribution in [1.29, 1.82) is 0 Å². The molecule has 0 saturated carbocycles. The average molecular weight is 364 g/mol. The predicted molar refractivity (Wildman–Crippen MR) is 92.0 cm³/mol. The SMILES string of the molecule is COC(=O)Nc1nc2ccc(C(=O)c3ccc(Cl)c(Cl)c3)cc2[nH]1. The molecule has 6 nitrogen and oxygen atoms in total. The minimum atomic E-state index is -0.638. The summed E-state index contributed by atoms with van der Waals surface area (Å²) in [5.41, 5.74) is 2.09. The zero-order valence-corrected chi connectivity index (χ0v) is 13.9. The maximum atomic E-state index is 12.6. The fraction of sp³-hybridized carbons (Fsp3) is 0.0625. The average Bonchev–Trinajstić information content (AvgIpc) is 2.97. The summed E-state index contributed by atoms with van der Waals surface area (Å²) in [5, 5.41) is 3.13. The predicted octanol–water partition coefficient (Wildman–Crippen LogP) is 4.28. The molecule has 0 saturated heterocycles. The number of carbonyl (C=O) groups excluding carboxylic acids is 2. The molecule has 8 heteroatoms. The molecule has 24 heavy (non-hydrogen) atoms. The maximum absolute atomic E-state index is 12.6. The molecule has 0 bridgehead atoms. The van der Waals surface area contributed by atoms with Crippen LogP contribution in [0, 0.1) is 0 Å². The number of nitrogens with zero attached hydrogens (tertiary/aromatic N) is 1. The van der Waals surface area contributed by atoms with Crippen molar-refractivity contribution in [2.75, 3.05) is 12.4 Å². The number of ether oxygens (including phenoxy) is 1. The van der Waals surface area contributed by atoms with Crippen molar-refractivity contribution < 1.29 is 14.3 Å². The number of methoxy groups -OCH3 is 1. The fourth-order valence-electron chi connectivity index (χ4n) is 2.16. The zero-order chi connectivity index (χ0) is 17.3. The van der Waals surface area contributed by atoms with Crippen LogP contribution in [0.15, 0.2) is 36.4 Å². The van der Waals surface area contributed by atoms with Gasteiger partial charge in [-0.25, -0.2) is 9.78 Å². The molecule has 1 aromatic heterocycles. The third kappa shape index (κ3) is 3.20. The lowest BCUT2D eigenvalue weighted by molar-refractivity contribution is 0.103. The van der Waals surface area contributed by atoms with Gasteiger partial charge in [0.25, 0.3) is 0 Å². The Labute approximate surface area is 146 Å². The summed E-state index contributed by atoms with van der Waals surface area (Å²) in [6.45, 7) is 0. The van der Waals surface area contributed by atoms with Gasteiger partial charge in [-0.3, -0.25) is 10.1 Å². The van der Waals surface area contributed by atoms with Crippen molar-refractivity contribution in [2.45, 2.75) is 0 Å². The molecule has 2 aromatic carbocycles. The van der Waals surface area contributed by atoms with Crippen LogP contribution in [-0.4, -0.2) is 29.0 Å². The molecular weight excluding hydrogens is 353 g/mol. The molecule has 2 N–H and O–H groups in total. The third-order valence-corrected chi connectivity index (χ3v) is 4.07. The van der Waals surface area contributed by atoms with Crippen LogP contribution in [0.5, 0.6) is 0 Å². The van der Waals surface area contributed by atoms with E-state index < -0.39 is 6.09 Å². The van der Waals surface area contributed by atoms with Gasteiger partial charge in [0.1, 0.15) is 0 Å². The van der Waals surface area contributed by atoms with Gasteiger partial charge in [0.15, 0.2) is 5.78 Å². The van der Waals surface area contributed by atoms with Crippen molar-refractivity contribution >= 4 is 52.1 Å². The van der Waals surface area contributed by atoms with Crippen LogP contribution >= 0.6 is 23.2 Å². The first-order valence-corrected chi connectivity index (χ1v) is 7.58. The van der Waals surface area contributed by atoms with Gasteiger partial charge in [-0.2, -0.15) is 0 Å². The Bertz CT molecular complexity index is 953. The fourth-order valence-corrected chi connectivity index (χ4v) is 2.46. The van der Waals surface area contributed by atoms with Crippen LogP contribution in [0.25, 0.3) is 11.0 Å². The summed E-state index contributed by atoms with van der Waals surface area (Å²) in [6, 6.07) is 9.68. The van der Waals surface area contributed by atoms with E-state index in [9.17, 15) is 9.59 Å². The lowest BCUT2D eigenvalue weighted by Crippen LogP contribution is -2.11. The zero-order valence-electron chi connectivity index (χ0n) is 12.4. The number of halogens is 2. The van der Waals surface area contributed by atoms with Gasteiger partial charge in [0.2, 0.25) is 5.95 Å². The molecular formula is C16H11Cl2N3O3. The van der Waals surface area contributed by atoms with Gasteiger partial charge in [0.05, 0.1) is 28.2 Å². The van der Waals surface area contributed by atoms with Crippen molar-refractivity contribution in [2.24, 2.45) is 0 Å². The molecule has 0 radical (unpaired) electrons. The first-order valence-electron chi connectivity index (χ1n) is 6.82. The normalized spacial score (nSPS) is 10.6. The van der Waals surface area contributed by atoms with E-state index in [1.54, 1.807) is 30.3 Å². The van der Waals surface area contributed by atoms with Crippen molar-refractivity contribution in [3.05, 3.63) is 57.6 Å². The Hall–Kier alpha value is -2.57. The van der Waals surface area contributed by atoms with E-state index in [1.807, 2.05) is 0 Å². The van der Waals surface area contributed by atoms with Gasteiger partial charge in [-0.1, -0.05) is 23.2 Å². The maximum Gasteiger partial charge on any atom is 0.413 e. The number of fused-ring (bicyclic) bond motifs is 1. The number of aromatic nitrogens is 2. The molecule has 0 unspecified atom stereocenters. The minimum Gasteiger partial charge on any atom is -0.453 e. The number of nitrogens with one attached hydrogen (secondary N) is 2. The van der Waals surface area contributed by atoms with E-state index in [0.29, 0.717) is 32.2 Å². The van der Waals surface area contributed by atoms with E-state index in [0.717, 1.165) is 0 Å². The Kier molecular flexibility index (Phi) is 4.42. The number of imidazole rings is 1. The monoisotopic (exact) mass is 363 g/mol. The van der Waals surface area contributed by atoms with Crippen LogP contribution < -0.4 is 5.32 Å². The Morgan fingerprint density at radius 2 is 1.79 bits per heavy atom. The first kappa shape index (κ1) is 16.3. The number of amides is 1. The number of anilines is 1. The second kappa shape index (κ2) is 6.51. The third-order valence-electron chi connectivity index (χ3n) is 3.33. The van der Waals surface area contributed by atoms with Crippen LogP contribution in [0.3, 0.4) is 0 Å².